The number of aromatic hydroxyl groups is 1. The zero-order valence-corrected chi connectivity index (χ0v) is 21.9. The third-order valence-corrected chi connectivity index (χ3v) is 7.78. The molecule has 0 bridgehead atoms. The molecule has 0 aliphatic carbocycles. The molecular formula is C27H32N8O3. The number of ether oxygens (including phenoxy) is 1. The molecule has 3 N–H and O–H groups in total. The Bertz CT molecular complexity index is 1540. The molecule has 1 fully saturated rings. The fourth-order valence-electron chi connectivity index (χ4n) is 5.82. The largest absolute Gasteiger partial charge is 0.508 e. The molecule has 6 rings (SSSR count). The predicted octanol–water partition coefficient (Wildman–Crippen LogP) is 2.79. The number of carbonyl (C=O) groups excluding carboxylic acids is 1. The van der Waals surface area contributed by atoms with E-state index in [9.17, 15) is 9.90 Å². The van der Waals surface area contributed by atoms with Crippen molar-refractivity contribution in [3.8, 4) is 11.4 Å². The van der Waals surface area contributed by atoms with Crippen LogP contribution in [0.15, 0.2) is 30.6 Å². The molecule has 198 valence electrons. The first-order valence-corrected chi connectivity index (χ1v) is 12.9. The van der Waals surface area contributed by atoms with Gasteiger partial charge in [0.05, 0.1) is 43.3 Å². The molecule has 0 spiro atoms. The molecular weight excluding hydrogens is 484 g/mol. The molecule has 38 heavy (non-hydrogen) atoms. The summed E-state index contributed by atoms with van der Waals surface area (Å²) in [6.45, 7) is 6.77. The van der Waals surface area contributed by atoms with Gasteiger partial charge in [-0.2, -0.15) is 5.10 Å². The maximum absolute atomic E-state index is 14.1. The molecule has 0 unspecified atom stereocenters. The molecule has 2 aliphatic heterocycles. The first-order valence-electron chi connectivity index (χ1n) is 12.9. The van der Waals surface area contributed by atoms with Crippen LogP contribution in [-0.4, -0.2) is 73.1 Å². The van der Waals surface area contributed by atoms with E-state index in [-0.39, 0.29) is 23.5 Å². The molecule has 2 aliphatic rings. The quantitative estimate of drug-likeness (QED) is 0.415. The highest BCUT2D eigenvalue weighted by Gasteiger charge is 2.32. The molecule has 11 heteroatoms. The summed E-state index contributed by atoms with van der Waals surface area (Å²) in [6, 6.07) is 5.61. The standard InChI is InChI=1S/C27H32N8O3/c1-16-6-7-20(36)17(2)24(16)35-25(28)22(27(37)32-11-12-34-18(14-32)8-9-30-34)23-26(35)29-13-21(31-23)33-10-4-5-19(33)15-38-3/h6-9,13,19,36H,4-5,10-12,14-15,28H2,1-3H3/t19-/m1/s1. The zero-order chi connectivity index (χ0) is 26.6. The lowest BCUT2D eigenvalue weighted by Crippen LogP contribution is -2.38. The topological polar surface area (TPSA) is 128 Å². The number of aryl methyl sites for hydroxylation is 1. The molecule has 4 aromatic rings. The van der Waals surface area contributed by atoms with Crippen LogP contribution in [0.3, 0.4) is 0 Å². The molecule has 1 saturated heterocycles. The molecule has 0 radical (unpaired) electrons. The fraction of sp³-hybridized carbons (Fsp3) is 0.407. The maximum atomic E-state index is 14.1. The number of methoxy groups -OCH3 is 1. The van der Waals surface area contributed by atoms with E-state index in [0.717, 1.165) is 30.6 Å². The van der Waals surface area contributed by atoms with E-state index in [0.29, 0.717) is 60.0 Å². The van der Waals surface area contributed by atoms with Crippen molar-refractivity contribution in [3.05, 3.63) is 53.0 Å². The van der Waals surface area contributed by atoms with Gasteiger partial charge >= 0.3 is 0 Å². The van der Waals surface area contributed by atoms with Crippen LogP contribution in [0.5, 0.6) is 5.75 Å². The van der Waals surface area contributed by atoms with Crippen molar-refractivity contribution in [3.63, 3.8) is 0 Å². The third kappa shape index (κ3) is 3.76. The minimum absolute atomic E-state index is 0.146. The van der Waals surface area contributed by atoms with Crippen molar-refractivity contribution < 1.29 is 14.6 Å². The van der Waals surface area contributed by atoms with E-state index in [1.54, 1.807) is 35.0 Å². The minimum atomic E-state index is -0.199. The van der Waals surface area contributed by atoms with Gasteiger partial charge in [-0.1, -0.05) is 6.07 Å². The average molecular weight is 517 g/mol. The minimum Gasteiger partial charge on any atom is -0.508 e. The van der Waals surface area contributed by atoms with Gasteiger partial charge in [0.15, 0.2) is 5.65 Å². The van der Waals surface area contributed by atoms with Crippen molar-refractivity contribution in [1.82, 2.24) is 29.2 Å². The Morgan fingerprint density at radius 1 is 1.21 bits per heavy atom. The second kappa shape index (κ2) is 9.32. The van der Waals surface area contributed by atoms with E-state index >= 15 is 0 Å². The van der Waals surface area contributed by atoms with E-state index in [1.807, 2.05) is 30.7 Å². The van der Waals surface area contributed by atoms with Crippen LogP contribution >= 0.6 is 0 Å². The number of aromatic nitrogens is 5. The van der Waals surface area contributed by atoms with Gasteiger partial charge in [-0.25, -0.2) is 9.97 Å². The van der Waals surface area contributed by atoms with Gasteiger partial charge < -0.3 is 25.4 Å². The Balaban J connectivity index is 1.53. The molecule has 3 aromatic heterocycles. The van der Waals surface area contributed by atoms with E-state index in [2.05, 4.69) is 10.00 Å². The number of hydrogen-bond donors (Lipinski definition) is 2. The van der Waals surface area contributed by atoms with Crippen LogP contribution in [0.1, 0.15) is 40.0 Å². The summed E-state index contributed by atoms with van der Waals surface area (Å²) in [5.74, 6) is 0.903. The smallest absolute Gasteiger partial charge is 0.260 e. The number of nitrogens with two attached hydrogens (primary N) is 1. The monoisotopic (exact) mass is 516 g/mol. The first kappa shape index (κ1) is 24.2. The number of nitrogens with zero attached hydrogens (tertiary/aromatic N) is 7. The number of carbonyl (C=O) groups is 1. The molecule has 5 heterocycles. The highest BCUT2D eigenvalue weighted by atomic mass is 16.5. The van der Waals surface area contributed by atoms with E-state index in [4.69, 9.17) is 20.4 Å². The highest BCUT2D eigenvalue weighted by molar-refractivity contribution is 6.10. The van der Waals surface area contributed by atoms with E-state index < -0.39 is 0 Å². The lowest BCUT2D eigenvalue weighted by molar-refractivity contribution is 0.0709. The van der Waals surface area contributed by atoms with Crippen LogP contribution in [-0.2, 0) is 17.8 Å². The summed E-state index contributed by atoms with van der Waals surface area (Å²) in [5.41, 5.74) is 11.3. The number of phenols is 1. The second-order valence-electron chi connectivity index (χ2n) is 10.1. The fourth-order valence-corrected chi connectivity index (χ4v) is 5.82. The first-order chi connectivity index (χ1) is 18.4. The Kier molecular flexibility index (Phi) is 5.94. The van der Waals surface area contributed by atoms with Gasteiger partial charge in [-0.15, -0.1) is 0 Å². The number of fused-ring (bicyclic) bond motifs is 2. The van der Waals surface area contributed by atoms with Crippen molar-refractivity contribution >= 4 is 28.7 Å². The van der Waals surface area contributed by atoms with Crippen LogP contribution in [0.4, 0.5) is 11.6 Å². The van der Waals surface area contributed by atoms with Gasteiger partial charge in [-0.05, 0) is 44.4 Å². The maximum Gasteiger partial charge on any atom is 0.260 e. The zero-order valence-electron chi connectivity index (χ0n) is 21.9. The van der Waals surface area contributed by atoms with E-state index in [1.165, 1.54) is 0 Å². The highest BCUT2D eigenvalue weighted by Crippen LogP contribution is 2.37. The average Bonchev–Trinajstić information content (AvgIpc) is 3.64. The number of amides is 1. The summed E-state index contributed by atoms with van der Waals surface area (Å²) in [6.07, 6.45) is 5.53. The molecule has 0 saturated carbocycles. The Hall–Kier alpha value is -4.12. The predicted molar refractivity (Wildman–Crippen MR) is 144 cm³/mol. The van der Waals surface area contributed by atoms with Gasteiger partial charge in [-0.3, -0.25) is 14.0 Å². The SMILES string of the molecule is COC[C@H]1CCCN1c1cnc2c(n1)c(C(=O)N1CCn3nccc3C1)c(N)n2-c1c(C)ccc(O)c1C. The molecule has 11 nitrogen and oxygen atoms in total. The number of hydrogen-bond acceptors (Lipinski definition) is 8. The second-order valence-corrected chi connectivity index (χ2v) is 10.1. The number of nitrogen functional groups attached to an aromatic ring is 1. The van der Waals surface area contributed by atoms with Crippen molar-refractivity contribution in [2.24, 2.45) is 0 Å². The molecule has 1 amide bonds. The number of benzene rings is 1. The molecule has 1 aromatic carbocycles. The van der Waals surface area contributed by atoms with Gasteiger partial charge in [0, 0.05) is 32.0 Å². The van der Waals surface area contributed by atoms with Crippen molar-refractivity contribution in [1.29, 1.82) is 0 Å². The van der Waals surface area contributed by atoms with Crippen LogP contribution < -0.4 is 10.6 Å². The van der Waals surface area contributed by atoms with Gasteiger partial charge in [0.2, 0.25) is 0 Å². The summed E-state index contributed by atoms with van der Waals surface area (Å²) in [4.78, 5) is 27.9. The van der Waals surface area contributed by atoms with Crippen molar-refractivity contribution in [2.45, 2.75) is 45.8 Å². The van der Waals surface area contributed by atoms with Crippen LogP contribution in [0.2, 0.25) is 0 Å². The van der Waals surface area contributed by atoms with Crippen LogP contribution in [0, 0.1) is 13.8 Å². The van der Waals surface area contributed by atoms with Gasteiger partial charge in [0.25, 0.3) is 5.91 Å². The van der Waals surface area contributed by atoms with Crippen LogP contribution in [0.25, 0.3) is 16.9 Å². The lowest BCUT2D eigenvalue weighted by atomic mass is 10.1. The normalized spacial score (nSPS) is 17.4. The Morgan fingerprint density at radius 3 is 2.87 bits per heavy atom. The summed E-state index contributed by atoms with van der Waals surface area (Å²) >= 11 is 0. The number of rotatable bonds is 5. The van der Waals surface area contributed by atoms with Gasteiger partial charge in [0.1, 0.15) is 28.5 Å². The number of anilines is 2. The Morgan fingerprint density at radius 2 is 2.05 bits per heavy atom. The number of phenolic OH excluding ortho intramolecular Hbond substituents is 1. The Labute approximate surface area is 220 Å². The summed E-state index contributed by atoms with van der Waals surface area (Å²) in [7, 11) is 1.70. The molecule has 1 atom stereocenters. The third-order valence-electron chi connectivity index (χ3n) is 7.78. The lowest BCUT2D eigenvalue weighted by Gasteiger charge is -2.28. The summed E-state index contributed by atoms with van der Waals surface area (Å²) < 4.78 is 9.11. The summed E-state index contributed by atoms with van der Waals surface area (Å²) in [5, 5.41) is 14.8. The van der Waals surface area contributed by atoms with Crippen molar-refractivity contribution in [2.75, 3.05) is 37.4 Å².